The van der Waals surface area contributed by atoms with Gasteiger partial charge in [-0.25, -0.2) is 4.39 Å². The van der Waals surface area contributed by atoms with E-state index in [0.29, 0.717) is 18.3 Å². The van der Waals surface area contributed by atoms with Crippen LogP contribution in [0.4, 0.5) is 4.39 Å². The van der Waals surface area contributed by atoms with Crippen molar-refractivity contribution in [2.45, 2.75) is 20.8 Å². The molecule has 0 N–H and O–H groups in total. The number of hydrogen-bond donors (Lipinski definition) is 0. The van der Waals surface area contributed by atoms with E-state index in [4.69, 9.17) is 4.74 Å². The summed E-state index contributed by atoms with van der Waals surface area (Å²) in [7, 11) is 0. The molecule has 0 fully saturated rings. The maximum Gasteiger partial charge on any atom is 0.130 e. The van der Waals surface area contributed by atoms with Crippen LogP contribution in [0, 0.1) is 18.7 Å². The van der Waals surface area contributed by atoms with Crippen LogP contribution in [-0.4, -0.2) is 11.6 Å². The summed E-state index contributed by atoms with van der Waals surface area (Å²) in [4.78, 5) is 4.36. The first-order valence-corrected chi connectivity index (χ1v) is 5.76. The Labute approximate surface area is 100 Å². The Balaban J connectivity index is 2.48. The third-order valence-corrected chi connectivity index (χ3v) is 2.43. The highest BCUT2D eigenvalue weighted by atomic mass is 19.1. The number of fused-ring (bicyclic) bond motifs is 1. The second-order valence-electron chi connectivity index (χ2n) is 4.63. The summed E-state index contributed by atoms with van der Waals surface area (Å²) in [5.41, 5.74) is 1.65. The molecular formula is C14H16FNO. The molecule has 2 aromatic rings. The van der Waals surface area contributed by atoms with Crippen molar-refractivity contribution in [3.8, 4) is 5.75 Å². The zero-order valence-electron chi connectivity index (χ0n) is 10.3. The van der Waals surface area contributed by atoms with Crippen molar-refractivity contribution in [2.75, 3.05) is 6.61 Å². The second-order valence-corrected chi connectivity index (χ2v) is 4.63. The van der Waals surface area contributed by atoms with Crippen molar-refractivity contribution < 1.29 is 9.13 Å². The molecular weight excluding hydrogens is 217 g/mol. The summed E-state index contributed by atoms with van der Waals surface area (Å²) in [5.74, 6) is 0.880. The number of rotatable bonds is 3. The van der Waals surface area contributed by atoms with E-state index >= 15 is 0 Å². The molecule has 0 unspecified atom stereocenters. The molecule has 0 saturated carbocycles. The molecule has 17 heavy (non-hydrogen) atoms. The molecule has 1 aromatic carbocycles. The third-order valence-electron chi connectivity index (χ3n) is 2.43. The highest BCUT2D eigenvalue weighted by molar-refractivity contribution is 5.85. The van der Waals surface area contributed by atoms with E-state index in [1.54, 1.807) is 6.07 Å². The molecule has 0 spiro atoms. The molecule has 2 rings (SSSR count). The van der Waals surface area contributed by atoms with Crippen LogP contribution in [0.15, 0.2) is 24.3 Å². The zero-order valence-corrected chi connectivity index (χ0v) is 10.3. The van der Waals surface area contributed by atoms with E-state index in [2.05, 4.69) is 18.8 Å². The molecule has 0 atom stereocenters. The van der Waals surface area contributed by atoms with Gasteiger partial charge in [-0.2, -0.15) is 0 Å². The minimum absolute atomic E-state index is 0.266. The fraction of sp³-hybridized carbons (Fsp3) is 0.357. The number of aryl methyl sites for hydroxylation is 1. The number of ether oxygens (including phenoxy) is 1. The molecule has 1 aromatic heterocycles. The van der Waals surface area contributed by atoms with E-state index in [1.807, 2.05) is 13.0 Å². The molecule has 2 nitrogen and oxygen atoms in total. The first kappa shape index (κ1) is 11.8. The number of pyridine rings is 1. The van der Waals surface area contributed by atoms with Crippen LogP contribution in [0.25, 0.3) is 10.9 Å². The van der Waals surface area contributed by atoms with Gasteiger partial charge in [-0.15, -0.1) is 0 Å². The van der Waals surface area contributed by atoms with Gasteiger partial charge in [0.2, 0.25) is 0 Å². The Hall–Kier alpha value is -1.64. The largest absolute Gasteiger partial charge is 0.493 e. The molecule has 0 aliphatic rings. The lowest BCUT2D eigenvalue weighted by Gasteiger charge is -2.12. The topological polar surface area (TPSA) is 22.1 Å². The molecule has 0 aliphatic heterocycles. The molecule has 0 aliphatic carbocycles. The van der Waals surface area contributed by atoms with E-state index < -0.39 is 0 Å². The standard InChI is InChI=1S/C14H16FNO/c1-9(2)8-17-14-6-10(3)16-13-5-4-11(15)7-12(13)14/h4-7,9H,8H2,1-3H3. The van der Waals surface area contributed by atoms with Gasteiger partial charge < -0.3 is 4.74 Å². The Morgan fingerprint density at radius 2 is 2.06 bits per heavy atom. The average Bonchev–Trinajstić information content (AvgIpc) is 2.26. The number of halogens is 1. The quantitative estimate of drug-likeness (QED) is 0.806. The monoisotopic (exact) mass is 233 g/mol. The van der Waals surface area contributed by atoms with E-state index in [1.165, 1.54) is 12.1 Å². The van der Waals surface area contributed by atoms with Gasteiger partial charge in [-0.3, -0.25) is 4.98 Å². The van der Waals surface area contributed by atoms with Crippen LogP contribution >= 0.6 is 0 Å². The van der Waals surface area contributed by atoms with Gasteiger partial charge in [-0.1, -0.05) is 13.8 Å². The fourth-order valence-electron chi connectivity index (χ4n) is 1.67. The smallest absolute Gasteiger partial charge is 0.130 e. The average molecular weight is 233 g/mol. The van der Waals surface area contributed by atoms with Crippen LogP contribution in [0.5, 0.6) is 5.75 Å². The maximum absolute atomic E-state index is 13.2. The SMILES string of the molecule is Cc1cc(OCC(C)C)c2cc(F)ccc2n1. The molecule has 0 amide bonds. The van der Waals surface area contributed by atoms with Crippen molar-refractivity contribution in [2.24, 2.45) is 5.92 Å². The lowest BCUT2D eigenvalue weighted by Crippen LogP contribution is -2.05. The summed E-state index contributed by atoms with van der Waals surface area (Å²) in [6, 6.07) is 6.42. The Bertz CT molecular complexity index is 537. The summed E-state index contributed by atoms with van der Waals surface area (Å²) in [5, 5.41) is 0.733. The van der Waals surface area contributed by atoms with Crippen molar-refractivity contribution in [3.63, 3.8) is 0 Å². The van der Waals surface area contributed by atoms with Crippen LogP contribution in [-0.2, 0) is 0 Å². The van der Waals surface area contributed by atoms with E-state index in [0.717, 1.165) is 16.6 Å². The van der Waals surface area contributed by atoms with E-state index in [9.17, 15) is 4.39 Å². The predicted molar refractivity (Wildman–Crippen MR) is 66.8 cm³/mol. The molecule has 0 saturated heterocycles. The summed E-state index contributed by atoms with van der Waals surface area (Å²) < 4.78 is 18.9. The summed E-state index contributed by atoms with van der Waals surface area (Å²) in [6.07, 6.45) is 0. The minimum Gasteiger partial charge on any atom is -0.493 e. The molecule has 0 radical (unpaired) electrons. The minimum atomic E-state index is -0.266. The fourth-order valence-corrected chi connectivity index (χ4v) is 1.67. The highest BCUT2D eigenvalue weighted by Crippen LogP contribution is 2.26. The number of aromatic nitrogens is 1. The van der Waals surface area contributed by atoms with Crippen molar-refractivity contribution >= 4 is 10.9 Å². The van der Waals surface area contributed by atoms with Crippen molar-refractivity contribution in [1.82, 2.24) is 4.98 Å². The molecule has 1 heterocycles. The first-order chi connectivity index (χ1) is 8.06. The Morgan fingerprint density at radius 3 is 2.76 bits per heavy atom. The Kier molecular flexibility index (Phi) is 3.27. The van der Waals surface area contributed by atoms with Crippen LogP contribution < -0.4 is 4.74 Å². The summed E-state index contributed by atoms with van der Waals surface area (Å²) in [6.45, 7) is 6.69. The van der Waals surface area contributed by atoms with Crippen molar-refractivity contribution in [1.29, 1.82) is 0 Å². The van der Waals surface area contributed by atoms with Crippen LogP contribution in [0.1, 0.15) is 19.5 Å². The van der Waals surface area contributed by atoms with Gasteiger partial charge in [0.05, 0.1) is 12.1 Å². The number of hydrogen-bond acceptors (Lipinski definition) is 2. The predicted octanol–water partition coefficient (Wildman–Crippen LogP) is 3.72. The van der Waals surface area contributed by atoms with E-state index in [-0.39, 0.29) is 5.82 Å². The molecule has 0 bridgehead atoms. The number of benzene rings is 1. The second kappa shape index (κ2) is 4.70. The zero-order chi connectivity index (χ0) is 12.4. The molecule has 90 valence electrons. The highest BCUT2D eigenvalue weighted by Gasteiger charge is 2.07. The normalized spacial score (nSPS) is 11.1. The Morgan fingerprint density at radius 1 is 1.29 bits per heavy atom. The molecule has 3 heteroatoms. The van der Waals surface area contributed by atoms with Gasteiger partial charge in [0, 0.05) is 17.1 Å². The van der Waals surface area contributed by atoms with Gasteiger partial charge in [0.25, 0.3) is 0 Å². The van der Waals surface area contributed by atoms with Gasteiger partial charge in [0.1, 0.15) is 11.6 Å². The van der Waals surface area contributed by atoms with Crippen LogP contribution in [0.2, 0.25) is 0 Å². The van der Waals surface area contributed by atoms with Gasteiger partial charge in [-0.05, 0) is 31.0 Å². The van der Waals surface area contributed by atoms with Gasteiger partial charge in [0.15, 0.2) is 0 Å². The van der Waals surface area contributed by atoms with Gasteiger partial charge >= 0.3 is 0 Å². The first-order valence-electron chi connectivity index (χ1n) is 5.76. The number of nitrogens with zero attached hydrogens (tertiary/aromatic N) is 1. The van der Waals surface area contributed by atoms with Crippen molar-refractivity contribution in [3.05, 3.63) is 35.8 Å². The lowest BCUT2D eigenvalue weighted by atomic mass is 10.1. The maximum atomic E-state index is 13.2. The lowest BCUT2D eigenvalue weighted by molar-refractivity contribution is 0.273. The van der Waals surface area contributed by atoms with Crippen LogP contribution in [0.3, 0.4) is 0 Å². The summed E-state index contributed by atoms with van der Waals surface area (Å²) >= 11 is 0. The third kappa shape index (κ3) is 2.73.